The van der Waals surface area contributed by atoms with Gasteiger partial charge < -0.3 is 20.4 Å². The molecule has 0 saturated heterocycles. The van der Waals surface area contributed by atoms with Crippen molar-refractivity contribution in [2.75, 3.05) is 12.4 Å². The van der Waals surface area contributed by atoms with Gasteiger partial charge in [0.1, 0.15) is 11.5 Å². The molecular formula is C29H29ClFN7O4. The largest absolute Gasteiger partial charge is 0.469 e. The minimum atomic E-state index is -0.675. The molecule has 4 aromatic rings. The highest BCUT2D eigenvalue weighted by Gasteiger charge is 2.25. The van der Waals surface area contributed by atoms with E-state index in [1.807, 2.05) is 6.92 Å². The number of hydrogen-bond donors (Lipinski definition) is 3. The molecule has 2 aromatic carbocycles. The van der Waals surface area contributed by atoms with E-state index in [0.29, 0.717) is 54.0 Å². The van der Waals surface area contributed by atoms with Gasteiger partial charge in [0.25, 0.3) is 5.91 Å². The Bertz CT molecular complexity index is 1640. The van der Waals surface area contributed by atoms with Gasteiger partial charge in [0, 0.05) is 11.5 Å². The molecule has 1 aliphatic rings. The van der Waals surface area contributed by atoms with Crippen LogP contribution in [0.3, 0.4) is 0 Å². The van der Waals surface area contributed by atoms with E-state index in [1.165, 1.54) is 25.4 Å². The van der Waals surface area contributed by atoms with Gasteiger partial charge in [-0.1, -0.05) is 48.4 Å². The molecule has 11 nitrogen and oxygen atoms in total. The predicted molar refractivity (Wildman–Crippen MR) is 153 cm³/mol. The summed E-state index contributed by atoms with van der Waals surface area (Å²) in [6.07, 6.45) is 5.37. The average Bonchev–Trinajstić information content (AvgIpc) is 3.66. The topological polar surface area (TPSA) is 144 Å². The number of nitrogens with one attached hydrogen (secondary N) is 3. The third kappa shape index (κ3) is 6.18. The summed E-state index contributed by atoms with van der Waals surface area (Å²) in [6.45, 7) is 1.95. The van der Waals surface area contributed by atoms with Gasteiger partial charge in [-0.2, -0.15) is 0 Å². The number of ether oxygens (including phenoxy) is 1. The smallest absolute Gasteiger partial charge is 0.309 e. The summed E-state index contributed by atoms with van der Waals surface area (Å²) in [6, 6.07) is 9.29. The maximum absolute atomic E-state index is 14.5. The molecule has 0 unspecified atom stereocenters. The Morgan fingerprint density at radius 2 is 2.07 bits per heavy atom. The summed E-state index contributed by atoms with van der Waals surface area (Å²) in [5.74, 6) is -1.44. The fourth-order valence-corrected chi connectivity index (χ4v) is 5.09. The molecule has 2 aromatic heterocycles. The lowest BCUT2D eigenvalue weighted by Gasteiger charge is -2.21. The number of H-pyrrole nitrogens is 1. The molecule has 3 heterocycles. The molecule has 1 aliphatic heterocycles. The van der Waals surface area contributed by atoms with Crippen LogP contribution in [0.5, 0.6) is 0 Å². The zero-order chi connectivity index (χ0) is 29.8. The number of fused-ring (bicyclic) bond motifs is 4. The Hall–Kier alpha value is -4.58. The van der Waals surface area contributed by atoms with Gasteiger partial charge in [-0.05, 0) is 43.0 Å². The van der Waals surface area contributed by atoms with Crippen molar-refractivity contribution in [1.29, 1.82) is 0 Å². The van der Waals surface area contributed by atoms with Crippen molar-refractivity contribution in [3.63, 3.8) is 0 Å². The van der Waals surface area contributed by atoms with Crippen molar-refractivity contribution in [3.8, 4) is 16.9 Å². The zero-order valence-electron chi connectivity index (χ0n) is 23.0. The second-order valence-electron chi connectivity index (χ2n) is 9.99. The number of halogens is 2. The highest BCUT2D eigenvalue weighted by Crippen LogP contribution is 2.32. The van der Waals surface area contributed by atoms with E-state index in [1.54, 1.807) is 30.5 Å². The number of methoxy groups -OCH3 is 1. The molecule has 13 heteroatoms. The van der Waals surface area contributed by atoms with Gasteiger partial charge >= 0.3 is 5.97 Å². The molecule has 5 rings (SSSR count). The van der Waals surface area contributed by atoms with Crippen LogP contribution >= 0.6 is 11.6 Å². The Labute approximate surface area is 245 Å². The summed E-state index contributed by atoms with van der Waals surface area (Å²) in [4.78, 5) is 46.1. The van der Waals surface area contributed by atoms with Gasteiger partial charge in [0.05, 0.1) is 48.4 Å². The number of esters is 1. The average molecular weight is 594 g/mol. The minimum Gasteiger partial charge on any atom is -0.469 e. The van der Waals surface area contributed by atoms with Crippen LogP contribution < -0.4 is 10.6 Å². The fraction of sp³-hybridized carbons (Fsp3) is 0.310. The van der Waals surface area contributed by atoms with E-state index in [0.717, 1.165) is 4.68 Å². The monoisotopic (exact) mass is 593 g/mol. The first kappa shape index (κ1) is 28.9. The van der Waals surface area contributed by atoms with Crippen LogP contribution in [0.1, 0.15) is 60.5 Å². The number of benzene rings is 2. The molecule has 3 N–H and O–H groups in total. The number of anilines is 1. The molecule has 0 aliphatic carbocycles. The van der Waals surface area contributed by atoms with Crippen molar-refractivity contribution in [1.82, 2.24) is 30.3 Å². The molecule has 42 heavy (non-hydrogen) atoms. The van der Waals surface area contributed by atoms with Crippen LogP contribution in [-0.4, -0.2) is 49.9 Å². The molecule has 2 atom stereocenters. The van der Waals surface area contributed by atoms with Gasteiger partial charge in [-0.3, -0.25) is 14.4 Å². The minimum absolute atomic E-state index is 0.0124. The molecule has 0 fully saturated rings. The van der Waals surface area contributed by atoms with Crippen LogP contribution in [0.15, 0.2) is 48.8 Å². The number of carbonyl (C=O) groups is 3. The van der Waals surface area contributed by atoms with Crippen LogP contribution in [0.25, 0.3) is 16.9 Å². The highest BCUT2D eigenvalue weighted by molar-refractivity contribution is 6.30. The van der Waals surface area contributed by atoms with Crippen molar-refractivity contribution in [3.05, 3.63) is 76.7 Å². The van der Waals surface area contributed by atoms with Crippen molar-refractivity contribution in [2.24, 2.45) is 5.92 Å². The highest BCUT2D eigenvalue weighted by atomic mass is 35.5. The molecule has 218 valence electrons. The van der Waals surface area contributed by atoms with Crippen molar-refractivity contribution in [2.45, 2.75) is 45.1 Å². The van der Waals surface area contributed by atoms with Crippen LogP contribution in [0.4, 0.5) is 10.1 Å². The Morgan fingerprint density at radius 1 is 1.24 bits per heavy atom. The fourth-order valence-electron chi connectivity index (χ4n) is 4.92. The van der Waals surface area contributed by atoms with E-state index >= 15 is 0 Å². The summed E-state index contributed by atoms with van der Waals surface area (Å²) < 4.78 is 20.4. The molecule has 0 spiro atoms. The van der Waals surface area contributed by atoms with Crippen LogP contribution in [-0.2, 0) is 20.7 Å². The number of carbonyl (C=O) groups excluding carboxylic acids is 3. The predicted octanol–water partition coefficient (Wildman–Crippen LogP) is 4.79. The van der Waals surface area contributed by atoms with Gasteiger partial charge in [0.15, 0.2) is 11.5 Å². The normalized spacial score (nSPS) is 16.9. The van der Waals surface area contributed by atoms with Crippen molar-refractivity contribution < 1.29 is 23.5 Å². The number of rotatable bonds is 6. The molecular weight excluding hydrogens is 565 g/mol. The number of nitrogens with zero attached hydrogens (tertiary/aromatic N) is 4. The second kappa shape index (κ2) is 12.5. The molecule has 0 radical (unpaired) electrons. The first-order valence-corrected chi connectivity index (χ1v) is 13.9. The number of aromatic amines is 1. The van der Waals surface area contributed by atoms with Gasteiger partial charge in [-0.25, -0.2) is 14.1 Å². The summed E-state index contributed by atoms with van der Waals surface area (Å²) >= 11 is 5.88. The maximum Gasteiger partial charge on any atom is 0.309 e. The first-order chi connectivity index (χ1) is 20.3. The van der Waals surface area contributed by atoms with Crippen LogP contribution in [0, 0.1) is 11.7 Å². The third-order valence-electron chi connectivity index (χ3n) is 7.25. The lowest BCUT2D eigenvalue weighted by Crippen LogP contribution is -2.30. The Morgan fingerprint density at radius 3 is 2.86 bits per heavy atom. The number of amides is 2. The lowest BCUT2D eigenvalue weighted by atomic mass is 9.95. The quantitative estimate of drug-likeness (QED) is 0.273. The molecule has 2 bridgehead atoms. The first-order valence-electron chi connectivity index (χ1n) is 13.5. The number of aromatic nitrogens is 5. The summed E-state index contributed by atoms with van der Waals surface area (Å²) in [5, 5.41) is 13.7. The lowest BCUT2D eigenvalue weighted by molar-refractivity contribution is -0.139. The Kier molecular flexibility index (Phi) is 8.62. The van der Waals surface area contributed by atoms with E-state index in [4.69, 9.17) is 16.3 Å². The van der Waals surface area contributed by atoms with E-state index < -0.39 is 17.8 Å². The molecule has 2 amide bonds. The second-order valence-corrected chi connectivity index (χ2v) is 10.4. The van der Waals surface area contributed by atoms with E-state index in [9.17, 15) is 18.8 Å². The third-order valence-corrected chi connectivity index (χ3v) is 7.54. The molecule has 0 saturated carbocycles. The van der Waals surface area contributed by atoms with E-state index in [-0.39, 0.29) is 40.6 Å². The summed E-state index contributed by atoms with van der Waals surface area (Å²) in [7, 11) is 1.33. The van der Waals surface area contributed by atoms with Gasteiger partial charge in [-0.15, -0.1) is 5.10 Å². The standard InChI is InChI=1S/C29H29ClFN7O4/c1-3-17-6-4-8-20(34-29(41)23-15-38(37-36-23)24-9-5-7-19(30)26(24)31)27-32-14-22(33-27)18-11-10-16(13-25(39)42-2)12-21(18)35-28(17)40/h5,7,9-12,14-15,17,20H,3-4,6,8,13H2,1-2H3,(H,32,33)(H,34,41)(H,35,40)/t17-,20+/m1/s1. The number of hydrogen-bond acceptors (Lipinski definition) is 7. The zero-order valence-corrected chi connectivity index (χ0v) is 23.7. The van der Waals surface area contributed by atoms with Gasteiger partial charge in [0.2, 0.25) is 5.91 Å². The SMILES string of the molecule is CC[C@@H]1CCC[C@H](NC(=O)c2cn(-c3cccc(Cl)c3F)nn2)c2ncc([nH]2)-c2ccc(CC(=O)OC)cc2NC1=O. The van der Waals surface area contributed by atoms with E-state index in [2.05, 4.69) is 30.9 Å². The summed E-state index contributed by atoms with van der Waals surface area (Å²) in [5.41, 5.74) is 2.59. The maximum atomic E-state index is 14.5. The van der Waals surface area contributed by atoms with Crippen molar-refractivity contribution >= 4 is 35.1 Å². The number of imidazole rings is 1. The Balaban J connectivity index is 1.44. The van der Waals surface area contributed by atoms with Crippen LogP contribution in [0.2, 0.25) is 5.02 Å².